The Balaban J connectivity index is 2.05. The largest absolute Gasteiger partial charge is 0.359 e. The molecule has 0 fully saturated rings. The first-order valence-corrected chi connectivity index (χ1v) is 6.11. The van der Waals surface area contributed by atoms with Crippen molar-refractivity contribution in [3.8, 4) is 0 Å². The maximum absolute atomic E-state index is 5.33. The van der Waals surface area contributed by atoms with E-state index in [1.807, 2.05) is 38.5 Å². The summed E-state index contributed by atoms with van der Waals surface area (Å²) in [7, 11) is 2.01. The van der Waals surface area contributed by atoms with Crippen LogP contribution in [0, 0.1) is 6.92 Å². The van der Waals surface area contributed by atoms with Crippen molar-refractivity contribution in [2.24, 2.45) is 5.84 Å². The standard InChI is InChI=1S/C13H18N6/c1-10-9-16-13(18-14)17-12(10)19(2)8-5-11-3-6-15-7-4-11/h3-4,6-7,9H,5,8,14H2,1-2H3,(H,16,17,18). The number of hydrogen-bond donors (Lipinski definition) is 2. The van der Waals surface area contributed by atoms with Crippen LogP contribution in [0.3, 0.4) is 0 Å². The number of pyridine rings is 1. The maximum Gasteiger partial charge on any atom is 0.239 e. The number of hydrazine groups is 1. The SMILES string of the molecule is Cc1cnc(NN)nc1N(C)CCc1ccncc1. The topological polar surface area (TPSA) is 80.0 Å². The minimum atomic E-state index is 0.427. The van der Waals surface area contributed by atoms with E-state index in [0.717, 1.165) is 24.3 Å². The molecule has 0 aliphatic rings. The van der Waals surface area contributed by atoms with Gasteiger partial charge in [0.2, 0.25) is 5.95 Å². The number of nitrogens with one attached hydrogen (secondary N) is 1. The summed E-state index contributed by atoms with van der Waals surface area (Å²) < 4.78 is 0. The van der Waals surface area contributed by atoms with Crippen molar-refractivity contribution in [2.45, 2.75) is 13.3 Å². The summed E-state index contributed by atoms with van der Waals surface area (Å²) in [5.41, 5.74) is 4.75. The first-order chi connectivity index (χ1) is 9.20. The van der Waals surface area contributed by atoms with Crippen LogP contribution in [0.2, 0.25) is 0 Å². The first kappa shape index (κ1) is 13.2. The smallest absolute Gasteiger partial charge is 0.239 e. The predicted molar refractivity (Wildman–Crippen MR) is 75.8 cm³/mol. The molecular formula is C13H18N6. The fourth-order valence-corrected chi connectivity index (χ4v) is 1.84. The van der Waals surface area contributed by atoms with Crippen LogP contribution in [-0.2, 0) is 6.42 Å². The Morgan fingerprint density at radius 2 is 2.05 bits per heavy atom. The monoisotopic (exact) mass is 258 g/mol. The van der Waals surface area contributed by atoms with Gasteiger partial charge in [0.15, 0.2) is 0 Å². The molecule has 2 aromatic rings. The van der Waals surface area contributed by atoms with Gasteiger partial charge in [-0.05, 0) is 31.0 Å². The Hall–Kier alpha value is -2.21. The molecular weight excluding hydrogens is 240 g/mol. The highest BCUT2D eigenvalue weighted by molar-refractivity contribution is 5.48. The summed E-state index contributed by atoms with van der Waals surface area (Å²) in [6.07, 6.45) is 6.32. The maximum atomic E-state index is 5.33. The van der Waals surface area contributed by atoms with Crippen molar-refractivity contribution in [1.82, 2.24) is 15.0 Å². The predicted octanol–water partition coefficient (Wildman–Crippen LogP) is 1.14. The van der Waals surface area contributed by atoms with Gasteiger partial charge in [0, 0.05) is 37.7 Å². The van der Waals surface area contributed by atoms with Crippen LogP contribution in [0.4, 0.5) is 11.8 Å². The van der Waals surface area contributed by atoms with Gasteiger partial charge < -0.3 is 4.90 Å². The van der Waals surface area contributed by atoms with Crippen molar-refractivity contribution in [2.75, 3.05) is 23.9 Å². The number of rotatable bonds is 5. The lowest BCUT2D eigenvalue weighted by atomic mass is 10.2. The highest BCUT2D eigenvalue weighted by atomic mass is 15.3. The molecule has 0 saturated heterocycles. The zero-order valence-corrected chi connectivity index (χ0v) is 11.2. The van der Waals surface area contributed by atoms with E-state index in [2.05, 4.69) is 25.3 Å². The normalized spacial score (nSPS) is 10.3. The van der Waals surface area contributed by atoms with E-state index in [-0.39, 0.29) is 0 Å². The third kappa shape index (κ3) is 3.38. The fraction of sp³-hybridized carbons (Fsp3) is 0.308. The van der Waals surface area contributed by atoms with Gasteiger partial charge in [-0.25, -0.2) is 10.8 Å². The summed E-state index contributed by atoms with van der Waals surface area (Å²) in [5.74, 6) is 6.65. The van der Waals surface area contributed by atoms with Crippen LogP contribution in [-0.4, -0.2) is 28.5 Å². The molecule has 0 atom stereocenters. The number of anilines is 2. The fourth-order valence-electron chi connectivity index (χ4n) is 1.84. The number of likely N-dealkylation sites (N-methyl/N-ethyl adjacent to an activating group) is 1. The second kappa shape index (κ2) is 6.10. The average molecular weight is 258 g/mol. The van der Waals surface area contributed by atoms with Gasteiger partial charge in [0.25, 0.3) is 0 Å². The molecule has 3 N–H and O–H groups in total. The van der Waals surface area contributed by atoms with Gasteiger partial charge in [-0.2, -0.15) is 4.98 Å². The number of nitrogen functional groups attached to an aromatic ring is 1. The summed E-state index contributed by atoms with van der Waals surface area (Å²) in [6.45, 7) is 2.85. The van der Waals surface area contributed by atoms with Crippen LogP contribution < -0.4 is 16.2 Å². The molecule has 2 heterocycles. The molecule has 100 valence electrons. The van der Waals surface area contributed by atoms with E-state index in [1.54, 1.807) is 6.20 Å². The summed E-state index contributed by atoms with van der Waals surface area (Å²) >= 11 is 0. The molecule has 0 unspecified atom stereocenters. The molecule has 0 aromatic carbocycles. The van der Waals surface area contributed by atoms with Crippen molar-refractivity contribution in [3.63, 3.8) is 0 Å². The van der Waals surface area contributed by atoms with Crippen LogP contribution in [0.5, 0.6) is 0 Å². The zero-order chi connectivity index (χ0) is 13.7. The Morgan fingerprint density at radius 3 is 2.74 bits per heavy atom. The molecule has 0 amide bonds. The highest BCUT2D eigenvalue weighted by Gasteiger charge is 2.08. The number of nitrogens with two attached hydrogens (primary N) is 1. The lowest BCUT2D eigenvalue weighted by molar-refractivity contribution is 0.848. The Bertz CT molecular complexity index is 528. The molecule has 0 radical (unpaired) electrons. The quantitative estimate of drug-likeness (QED) is 0.618. The van der Waals surface area contributed by atoms with Crippen molar-refractivity contribution in [3.05, 3.63) is 41.9 Å². The summed E-state index contributed by atoms with van der Waals surface area (Å²) in [6, 6.07) is 4.04. The summed E-state index contributed by atoms with van der Waals surface area (Å²) in [4.78, 5) is 14.6. The van der Waals surface area contributed by atoms with Gasteiger partial charge in [0.1, 0.15) is 5.82 Å². The second-order valence-electron chi connectivity index (χ2n) is 4.37. The summed E-state index contributed by atoms with van der Waals surface area (Å²) in [5, 5.41) is 0. The lowest BCUT2D eigenvalue weighted by Crippen LogP contribution is -2.23. The zero-order valence-electron chi connectivity index (χ0n) is 11.2. The van der Waals surface area contributed by atoms with Crippen LogP contribution in [0.15, 0.2) is 30.7 Å². The van der Waals surface area contributed by atoms with E-state index in [1.165, 1.54) is 5.56 Å². The minimum Gasteiger partial charge on any atom is -0.359 e. The van der Waals surface area contributed by atoms with E-state index < -0.39 is 0 Å². The number of nitrogens with zero attached hydrogens (tertiary/aromatic N) is 4. The molecule has 2 aromatic heterocycles. The van der Waals surface area contributed by atoms with Crippen LogP contribution in [0.25, 0.3) is 0 Å². The molecule has 2 rings (SSSR count). The van der Waals surface area contributed by atoms with E-state index in [9.17, 15) is 0 Å². The molecule has 6 nitrogen and oxygen atoms in total. The van der Waals surface area contributed by atoms with Gasteiger partial charge in [-0.3, -0.25) is 10.4 Å². The third-order valence-electron chi connectivity index (χ3n) is 2.92. The van der Waals surface area contributed by atoms with Crippen LogP contribution >= 0.6 is 0 Å². The van der Waals surface area contributed by atoms with E-state index in [0.29, 0.717) is 5.95 Å². The Morgan fingerprint density at radius 1 is 1.32 bits per heavy atom. The molecule has 19 heavy (non-hydrogen) atoms. The molecule has 0 bridgehead atoms. The van der Waals surface area contributed by atoms with Crippen LogP contribution in [0.1, 0.15) is 11.1 Å². The van der Waals surface area contributed by atoms with Gasteiger partial charge >= 0.3 is 0 Å². The lowest BCUT2D eigenvalue weighted by Gasteiger charge is -2.20. The third-order valence-corrected chi connectivity index (χ3v) is 2.92. The first-order valence-electron chi connectivity index (χ1n) is 6.11. The molecule has 6 heteroatoms. The van der Waals surface area contributed by atoms with Crippen molar-refractivity contribution < 1.29 is 0 Å². The van der Waals surface area contributed by atoms with Crippen molar-refractivity contribution in [1.29, 1.82) is 0 Å². The molecule has 0 aliphatic carbocycles. The molecule has 0 saturated carbocycles. The van der Waals surface area contributed by atoms with E-state index >= 15 is 0 Å². The Kier molecular flexibility index (Phi) is 4.25. The number of aryl methyl sites for hydroxylation is 1. The molecule has 0 spiro atoms. The second-order valence-corrected chi connectivity index (χ2v) is 4.37. The van der Waals surface area contributed by atoms with E-state index in [4.69, 9.17) is 5.84 Å². The van der Waals surface area contributed by atoms with Gasteiger partial charge in [-0.15, -0.1) is 0 Å². The number of aromatic nitrogens is 3. The molecule has 0 aliphatic heterocycles. The highest BCUT2D eigenvalue weighted by Crippen LogP contribution is 2.16. The number of hydrogen-bond acceptors (Lipinski definition) is 6. The minimum absolute atomic E-state index is 0.427. The van der Waals surface area contributed by atoms with Gasteiger partial charge in [0.05, 0.1) is 0 Å². The Labute approximate surface area is 112 Å². The van der Waals surface area contributed by atoms with Crippen molar-refractivity contribution >= 4 is 11.8 Å². The average Bonchev–Trinajstić information content (AvgIpc) is 2.46. The van der Waals surface area contributed by atoms with Gasteiger partial charge in [-0.1, -0.05) is 0 Å².